The van der Waals surface area contributed by atoms with E-state index in [9.17, 15) is 4.79 Å². The normalized spacial score (nSPS) is 18.2. The Morgan fingerprint density at radius 1 is 1.07 bits per heavy atom. The Kier molecular flexibility index (Phi) is 4.49. The van der Waals surface area contributed by atoms with Crippen LogP contribution in [0.5, 0.6) is 23.0 Å². The fraction of sp³-hybridized carbons (Fsp3) is 0.263. The van der Waals surface area contributed by atoms with Crippen LogP contribution in [-0.2, 0) is 4.79 Å². The molecule has 27 heavy (non-hydrogen) atoms. The number of hydrogen-bond donors (Lipinski definition) is 1. The maximum atomic E-state index is 12.8. The van der Waals surface area contributed by atoms with E-state index in [1.54, 1.807) is 33.3 Å². The molecular formula is C19H18N2O5S. The largest absolute Gasteiger partial charge is 0.495 e. The first-order valence-corrected chi connectivity index (χ1v) is 9.17. The molecule has 7 nitrogen and oxygen atoms in total. The summed E-state index contributed by atoms with van der Waals surface area (Å²) in [5, 5.41) is 3.25. The average Bonchev–Trinajstić information content (AvgIpc) is 3.10. The van der Waals surface area contributed by atoms with Gasteiger partial charge in [0.2, 0.25) is 6.10 Å². The molecule has 4 rings (SSSR count). The van der Waals surface area contributed by atoms with Gasteiger partial charge < -0.3 is 18.9 Å². The molecular weight excluding hydrogens is 368 g/mol. The van der Waals surface area contributed by atoms with Gasteiger partial charge in [0.05, 0.1) is 14.2 Å². The quantitative estimate of drug-likeness (QED) is 0.740. The van der Waals surface area contributed by atoms with Crippen molar-refractivity contribution in [2.24, 2.45) is 0 Å². The Hall–Kier alpha value is -3.00. The molecule has 0 saturated carbocycles. The van der Waals surface area contributed by atoms with Gasteiger partial charge in [0.25, 0.3) is 5.91 Å². The fourth-order valence-electron chi connectivity index (χ4n) is 2.92. The lowest BCUT2D eigenvalue weighted by molar-refractivity contribution is -0.128. The van der Waals surface area contributed by atoms with Crippen molar-refractivity contribution in [2.75, 3.05) is 19.5 Å². The number of anilines is 1. The number of hydrogen-bond acceptors (Lipinski definition) is 7. The minimum atomic E-state index is -0.782. The minimum Gasteiger partial charge on any atom is -0.495 e. The molecule has 0 radical (unpaired) electrons. The Morgan fingerprint density at radius 2 is 1.74 bits per heavy atom. The second-order valence-electron chi connectivity index (χ2n) is 5.96. The van der Waals surface area contributed by atoms with E-state index < -0.39 is 12.2 Å². The molecule has 1 N–H and O–H groups in total. The van der Waals surface area contributed by atoms with Gasteiger partial charge in [0.1, 0.15) is 27.8 Å². The van der Waals surface area contributed by atoms with Crippen molar-refractivity contribution in [3.05, 3.63) is 36.4 Å². The third kappa shape index (κ3) is 3.12. The van der Waals surface area contributed by atoms with Gasteiger partial charge in [-0.15, -0.1) is 0 Å². The van der Waals surface area contributed by atoms with Crippen molar-refractivity contribution >= 4 is 32.6 Å². The van der Waals surface area contributed by atoms with E-state index >= 15 is 0 Å². The molecule has 0 bridgehead atoms. The number of thiazole rings is 1. The molecule has 1 aliphatic heterocycles. The van der Waals surface area contributed by atoms with Gasteiger partial charge in [0, 0.05) is 0 Å². The predicted molar refractivity (Wildman–Crippen MR) is 102 cm³/mol. The number of methoxy groups -OCH3 is 2. The third-order valence-electron chi connectivity index (χ3n) is 4.24. The van der Waals surface area contributed by atoms with Crippen LogP contribution in [-0.4, -0.2) is 37.3 Å². The highest BCUT2D eigenvalue weighted by molar-refractivity contribution is 7.22. The van der Waals surface area contributed by atoms with E-state index in [1.807, 2.05) is 24.3 Å². The van der Waals surface area contributed by atoms with Gasteiger partial charge >= 0.3 is 0 Å². The van der Waals surface area contributed by atoms with E-state index in [-0.39, 0.29) is 5.91 Å². The molecule has 1 amide bonds. The maximum Gasteiger partial charge on any atom is 0.271 e. The highest BCUT2D eigenvalue weighted by atomic mass is 32.1. The number of para-hydroxylation sites is 2. The van der Waals surface area contributed by atoms with Crippen molar-refractivity contribution in [1.82, 2.24) is 4.98 Å². The molecule has 140 valence electrons. The molecule has 8 heteroatoms. The number of nitrogens with zero attached hydrogens (tertiary/aromatic N) is 1. The monoisotopic (exact) mass is 386 g/mol. The number of rotatable bonds is 4. The average molecular weight is 386 g/mol. The van der Waals surface area contributed by atoms with Gasteiger partial charge in [-0.25, -0.2) is 4.98 Å². The smallest absolute Gasteiger partial charge is 0.271 e. The van der Waals surface area contributed by atoms with E-state index in [2.05, 4.69) is 10.3 Å². The van der Waals surface area contributed by atoms with E-state index in [0.29, 0.717) is 33.6 Å². The van der Waals surface area contributed by atoms with Gasteiger partial charge in [-0.05, 0) is 31.2 Å². The van der Waals surface area contributed by atoms with Crippen LogP contribution in [0.1, 0.15) is 6.92 Å². The highest BCUT2D eigenvalue weighted by Gasteiger charge is 2.34. The van der Waals surface area contributed by atoms with Crippen LogP contribution in [0.15, 0.2) is 36.4 Å². The molecule has 1 aliphatic rings. The number of carbonyl (C=O) groups is 1. The maximum absolute atomic E-state index is 12.8. The summed E-state index contributed by atoms with van der Waals surface area (Å²) in [5.74, 6) is 2.13. The lowest BCUT2D eigenvalue weighted by Gasteiger charge is -2.30. The van der Waals surface area contributed by atoms with Crippen LogP contribution < -0.4 is 24.3 Å². The highest BCUT2D eigenvalue weighted by Crippen LogP contribution is 2.39. The summed E-state index contributed by atoms with van der Waals surface area (Å²) in [6.45, 7) is 1.80. The molecule has 0 aliphatic carbocycles. The molecule has 0 saturated heterocycles. The van der Waals surface area contributed by atoms with Crippen molar-refractivity contribution in [3.63, 3.8) is 0 Å². The van der Waals surface area contributed by atoms with E-state index in [0.717, 1.165) is 4.70 Å². The van der Waals surface area contributed by atoms with Crippen LogP contribution in [0.4, 0.5) is 5.13 Å². The third-order valence-corrected chi connectivity index (χ3v) is 5.23. The first-order valence-electron chi connectivity index (χ1n) is 8.35. The molecule has 0 spiro atoms. The lowest BCUT2D eigenvalue weighted by Crippen LogP contribution is -2.46. The second kappa shape index (κ2) is 6.96. The summed E-state index contributed by atoms with van der Waals surface area (Å²) in [6, 6.07) is 10.9. The van der Waals surface area contributed by atoms with Crippen LogP contribution in [0, 0.1) is 0 Å². The van der Waals surface area contributed by atoms with E-state index in [1.165, 1.54) is 11.3 Å². The number of nitrogens with one attached hydrogen (secondary N) is 1. The van der Waals surface area contributed by atoms with Crippen LogP contribution in [0.2, 0.25) is 0 Å². The number of aromatic nitrogens is 1. The fourth-order valence-corrected chi connectivity index (χ4v) is 3.90. The summed E-state index contributed by atoms with van der Waals surface area (Å²) in [7, 11) is 3.16. The van der Waals surface area contributed by atoms with Gasteiger partial charge in [-0.3, -0.25) is 10.1 Å². The molecule has 1 aromatic heterocycles. The Balaban J connectivity index is 1.60. The molecule has 2 unspecified atom stereocenters. The Morgan fingerprint density at radius 3 is 2.44 bits per heavy atom. The van der Waals surface area contributed by atoms with Crippen LogP contribution in [0.3, 0.4) is 0 Å². The van der Waals surface area contributed by atoms with Gasteiger partial charge in [-0.1, -0.05) is 23.5 Å². The second-order valence-corrected chi connectivity index (χ2v) is 6.96. The first-order chi connectivity index (χ1) is 13.1. The zero-order chi connectivity index (χ0) is 19.0. The molecule has 2 heterocycles. The number of fused-ring (bicyclic) bond motifs is 2. The first kappa shape index (κ1) is 17.4. The standard InChI is InChI=1S/C19H18N2O5S/c1-10-16(26-12-7-5-4-6-11(12)25-10)18(22)21-19-20-15-13(23-2)8-9-14(24-3)17(15)27-19/h4-10,16H,1-3H3,(H,20,21,22). The minimum absolute atomic E-state index is 0.325. The summed E-state index contributed by atoms with van der Waals surface area (Å²) in [4.78, 5) is 17.2. The topological polar surface area (TPSA) is 78.9 Å². The van der Waals surface area contributed by atoms with Crippen molar-refractivity contribution in [1.29, 1.82) is 0 Å². The molecule has 0 fully saturated rings. The SMILES string of the molecule is COc1ccc(OC)c2sc(NC(=O)C3Oc4ccccc4OC3C)nc12. The number of ether oxygens (including phenoxy) is 4. The van der Waals surface area contributed by atoms with Crippen molar-refractivity contribution < 1.29 is 23.7 Å². The summed E-state index contributed by atoms with van der Waals surface area (Å²) < 4.78 is 23.1. The number of carbonyl (C=O) groups excluding carboxylic acids is 1. The summed E-state index contributed by atoms with van der Waals surface area (Å²) in [5.41, 5.74) is 0.636. The number of amides is 1. The van der Waals surface area contributed by atoms with Crippen LogP contribution >= 0.6 is 11.3 Å². The Labute approximate surface area is 159 Å². The zero-order valence-corrected chi connectivity index (χ0v) is 15.8. The van der Waals surface area contributed by atoms with Gasteiger partial charge in [-0.2, -0.15) is 0 Å². The van der Waals surface area contributed by atoms with Crippen molar-refractivity contribution in [2.45, 2.75) is 19.1 Å². The van der Waals surface area contributed by atoms with Crippen molar-refractivity contribution in [3.8, 4) is 23.0 Å². The Bertz CT molecular complexity index is 962. The zero-order valence-electron chi connectivity index (χ0n) is 15.0. The summed E-state index contributed by atoms with van der Waals surface area (Å²) >= 11 is 1.31. The molecule has 2 aromatic carbocycles. The van der Waals surface area contributed by atoms with Gasteiger partial charge in [0.15, 0.2) is 16.6 Å². The number of benzene rings is 2. The van der Waals surface area contributed by atoms with E-state index in [4.69, 9.17) is 18.9 Å². The van der Waals surface area contributed by atoms with Crippen LogP contribution in [0.25, 0.3) is 10.2 Å². The lowest BCUT2D eigenvalue weighted by atomic mass is 10.1. The summed E-state index contributed by atoms with van der Waals surface area (Å²) in [6.07, 6.45) is -1.21. The molecule has 2 atom stereocenters. The predicted octanol–water partition coefficient (Wildman–Crippen LogP) is 3.48. The molecule has 3 aromatic rings.